The molecule has 0 aromatic carbocycles. The van der Waals surface area contributed by atoms with E-state index in [0.29, 0.717) is 12.5 Å². The van der Waals surface area contributed by atoms with E-state index in [0.717, 1.165) is 17.5 Å². The van der Waals surface area contributed by atoms with Crippen molar-refractivity contribution in [2.75, 3.05) is 19.3 Å². The van der Waals surface area contributed by atoms with E-state index < -0.39 is 0 Å². The molecule has 0 saturated carbocycles. The van der Waals surface area contributed by atoms with Crippen LogP contribution in [0.15, 0.2) is 9.95 Å². The Bertz CT molecular complexity index is 346. The fourth-order valence-corrected chi connectivity index (χ4v) is 2.35. The summed E-state index contributed by atoms with van der Waals surface area (Å²) in [5.41, 5.74) is -0.124. The van der Waals surface area contributed by atoms with E-state index in [-0.39, 0.29) is 5.69 Å². The Morgan fingerprint density at radius 3 is 3.00 bits per heavy atom. The van der Waals surface area contributed by atoms with Crippen LogP contribution in [0.1, 0.15) is 13.8 Å². The Kier molecular flexibility index (Phi) is 4.90. The standard InChI is InChI=1S/C9H18N4OS/c1-4-13-8(14)11-12-9(13)15-6-7(2)5-10-3/h7,10H,4-6H2,1-3H3,(H,11,14). The van der Waals surface area contributed by atoms with Gasteiger partial charge in [-0.1, -0.05) is 18.7 Å². The second kappa shape index (κ2) is 5.97. The smallest absolute Gasteiger partial charge is 0.319 e. The summed E-state index contributed by atoms with van der Waals surface area (Å²) in [5, 5.41) is 10.4. The normalized spacial score (nSPS) is 13.0. The topological polar surface area (TPSA) is 62.7 Å². The van der Waals surface area contributed by atoms with Crippen molar-refractivity contribution in [2.24, 2.45) is 5.92 Å². The third kappa shape index (κ3) is 3.39. The number of H-pyrrole nitrogens is 1. The van der Waals surface area contributed by atoms with Crippen molar-refractivity contribution >= 4 is 11.8 Å². The van der Waals surface area contributed by atoms with Crippen LogP contribution in [-0.2, 0) is 6.54 Å². The molecule has 0 bridgehead atoms. The van der Waals surface area contributed by atoms with Crippen LogP contribution in [0.3, 0.4) is 0 Å². The lowest BCUT2D eigenvalue weighted by Crippen LogP contribution is -2.19. The van der Waals surface area contributed by atoms with Crippen LogP contribution in [0, 0.1) is 5.92 Å². The highest BCUT2D eigenvalue weighted by Gasteiger charge is 2.08. The van der Waals surface area contributed by atoms with Crippen LogP contribution in [0.5, 0.6) is 0 Å². The highest BCUT2D eigenvalue weighted by atomic mass is 32.2. The predicted molar refractivity (Wildman–Crippen MR) is 62.3 cm³/mol. The minimum absolute atomic E-state index is 0.124. The molecule has 0 fully saturated rings. The van der Waals surface area contributed by atoms with Gasteiger partial charge in [0.1, 0.15) is 0 Å². The van der Waals surface area contributed by atoms with Crippen LogP contribution in [0.4, 0.5) is 0 Å². The van der Waals surface area contributed by atoms with Gasteiger partial charge in [-0.15, -0.1) is 5.10 Å². The molecule has 0 saturated heterocycles. The van der Waals surface area contributed by atoms with Crippen LogP contribution in [-0.4, -0.2) is 34.1 Å². The van der Waals surface area contributed by atoms with Gasteiger partial charge in [-0.25, -0.2) is 9.89 Å². The molecule has 0 aliphatic rings. The summed E-state index contributed by atoms with van der Waals surface area (Å²) in [6, 6.07) is 0. The first-order valence-corrected chi connectivity index (χ1v) is 6.10. The quantitative estimate of drug-likeness (QED) is 0.700. The van der Waals surface area contributed by atoms with E-state index in [9.17, 15) is 4.79 Å². The van der Waals surface area contributed by atoms with E-state index in [1.54, 1.807) is 16.3 Å². The first-order valence-electron chi connectivity index (χ1n) is 5.11. The fraction of sp³-hybridized carbons (Fsp3) is 0.778. The van der Waals surface area contributed by atoms with Gasteiger partial charge in [0, 0.05) is 12.3 Å². The van der Waals surface area contributed by atoms with Gasteiger partial charge < -0.3 is 5.32 Å². The maximum atomic E-state index is 11.3. The molecule has 0 aliphatic heterocycles. The second-order valence-corrected chi connectivity index (χ2v) is 4.52. The Balaban J connectivity index is 2.53. The highest BCUT2D eigenvalue weighted by molar-refractivity contribution is 7.99. The molecule has 2 N–H and O–H groups in total. The maximum absolute atomic E-state index is 11.3. The van der Waals surface area contributed by atoms with E-state index in [1.807, 2.05) is 14.0 Å². The molecule has 1 aromatic rings. The monoisotopic (exact) mass is 230 g/mol. The minimum atomic E-state index is -0.124. The first-order chi connectivity index (χ1) is 7.19. The average Bonchev–Trinajstić information content (AvgIpc) is 2.56. The summed E-state index contributed by atoms with van der Waals surface area (Å²) in [6.45, 7) is 5.76. The van der Waals surface area contributed by atoms with Crippen molar-refractivity contribution in [3.63, 3.8) is 0 Å². The Hall–Kier alpha value is -0.750. The molecular formula is C9H18N4OS. The molecule has 1 unspecified atom stereocenters. The van der Waals surface area contributed by atoms with Gasteiger partial charge in [0.05, 0.1) is 0 Å². The van der Waals surface area contributed by atoms with Crippen LogP contribution in [0.2, 0.25) is 0 Å². The number of hydrogen-bond acceptors (Lipinski definition) is 4. The zero-order valence-corrected chi connectivity index (χ0v) is 10.2. The predicted octanol–water partition coefficient (Wildman–Crippen LogP) is 0.539. The van der Waals surface area contributed by atoms with Crippen molar-refractivity contribution in [1.29, 1.82) is 0 Å². The summed E-state index contributed by atoms with van der Waals surface area (Å²) in [7, 11) is 1.94. The molecule has 0 spiro atoms. The van der Waals surface area contributed by atoms with Crippen LogP contribution >= 0.6 is 11.8 Å². The minimum Gasteiger partial charge on any atom is -0.319 e. The first kappa shape index (κ1) is 12.3. The molecule has 5 nitrogen and oxygen atoms in total. The number of thioether (sulfide) groups is 1. The Morgan fingerprint density at radius 1 is 1.67 bits per heavy atom. The molecule has 0 aliphatic carbocycles. The molecule has 0 amide bonds. The Morgan fingerprint density at radius 2 is 2.40 bits per heavy atom. The summed E-state index contributed by atoms with van der Waals surface area (Å²) < 4.78 is 1.65. The van der Waals surface area contributed by atoms with Crippen molar-refractivity contribution in [3.05, 3.63) is 10.5 Å². The second-order valence-electron chi connectivity index (χ2n) is 3.53. The molecule has 1 aromatic heterocycles. The summed E-state index contributed by atoms with van der Waals surface area (Å²) >= 11 is 1.62. The lowest BCUT2D eigenvalue weighted by Gasteiger charge is -2.09. The summed E-state index contributed by atoms with van der Waals surface area (Å²) in [4.78, 5) is 11.3. The molecule has 86 valence electrons. The zero-order chi connectivity index (χ0) is 11.3. The Labute approximate surface area is 93.6 Å². The maximum Gasteiger partial charge on any atom is 0.343 e. The van der Waals surface area contributed by atoms with Crippen molar-refractivity contribution < 1.29 is 0 Å². The largest absolute Gasteiger partial charge is 0.343 e. The van der Waals surface area contributed by atoms with Gasteiger partial charge in [0.15, 0.2) is 5.16 Å². The number of rotatable bonds is 6. The zero-order valence-electron chi connectivity index (χ0n) is 9.41. The van der Waals surface area contributed by atoms with Crippen molar-refractivity contribution in [1.82, 2.24) is 20.1 Å². The van der Waals surface area contributed by atoms with Gasteiger partial charge in [-0.05, 0) is 26.4 Å². The fourth-order valence-electron chi connectivity index (χ4n) is 1.32. The molecular weight excluding hydrogens is 212 g/mol. The number of hydrogen-bond donors (Lipinski definition) is 2. The van der Waals surface area contributed by atoms with E-state index >= 15 is 0 Å². The van der Waals surface area contributed by atoms with Gasteiger partial charge in [0.2, 0.25) is 0 Å². The third-order valence-electron chi connectivity index (χ3n) is 2.09. The molecule has 6 heteroatoms. The number of nitrogens with zero attached hydrogens (tertiary/aromatic N) is 2. The van der Waals surface area contributed by atoms with Crippen LogP contribution < -0.4 is 11.0 Å². The van der Waals surface area contributed by atoms with Crippen molar-refractivity contribution in [3.8, 4) is 0 Å². The lowest BCUT2D eigenvalue weighted by atomic mass is 10.2. The molecule has 1 atom stereocenters. The summed E-state index contributed by atoms with van der Waals surface area (Å²) in [5.74, 6) is 1.53. The van der Waals surface area contributed by atoms with E-state index in [1.165, 1.54) is 0 Å². The van der Waals surface area contributed by atoms with Crippen molar-refractivity contribution in [2.45, 2.75) is 25.5 Å². The third-order valence-corrected chi connectivity index (χ3v) is 3.39. The summed E-state index contributed by atoms with van der Waals surface area (Å²) in [6.07, 6.45) is 0. The van der Waals surface area contributed by atoms with Gasteiger partial charge >= 0.3 is 5.69 Å². The SMILES string of the molecule is CCn1c(SCC(C)CNC)n[nH]c1=O. The molecule has 1 rings (SSSR count). The van der Waals surface area contributed by atoms with Gasteiger partial charge in [-0.2, -0.15) is 0 Å². The van der Waals surface area contributed by atoms with E-state index in [2.05, 4.69) is 22.4 Å². The average molecular weight is 230 g/mol. The molecule has 0 radical (unpaired) electrons. The van der Waals surface area contributed by atoms with Crippen LogP contribution in [0.25, 0.3) is 0 Å². The lowest BCUT2D eigenvalue weighted by molar-refractivity contribution is 0.600. The molecule has 15 heavy (non-hydrogen) atoms. The molecule has 1 heterocycles. The number of aromatic amines is 1. The van der Waals surface area contributed by atoms with Gasteiger partial charge in [0.25, 0.3) is 0 Å². The number of nitrogens with one attached hydrogen (secondary N) is 2. The number of aromatic nitrogens is 3. The van der Waals surface area contributed by atoms with E-state index in [4.69, 9.17) is 0 Å². The highest BCUT2D eigenvalue weighted by Crippen LogP contribution is 2.16. The van der Waals surface area contributed by atoms with Gasteiger partial charge in [-0.3, -0.25) is 4.57 Å².